The minimum atomic E-state index is -2.92. The van der Waals surface area contributed by atoms with Crippen LogP contribution in [-0.2, 0) is 19.3 Å². The van der Waals surface area contributed by atoms with E-state index in [2.05, 4.69) is 4.31 Å². The van der Waals surface area contributed by atoms with Gasteiger partial charge in [0.25, 0.3) is 0 Å². The van der Waals surface area contributed by atoms with Gasteiger partial charge in [0.1, 0.15) is 0 Å². The van der Waals surface area contributed by atoms with Crippen LogP contribution in [-0.4, -0.2) is 9.79 Å². The van der Waals surface area contributed by atoms with Gasteiger partial charge in [-0.15, -0.1) is 21.4 Å². The molecule has 2 atom stereocenters. The largest absolute Gasteiger partial charge is 0.745 e. The lowest BCUT2D eigenvalue weighted by atomic mass is 10.2. The van der Waals surface area contributed by atoms with Crippen LogP contribution in [0.3, 0.4) is 0 Å². The summed E-state index contributed by atoms with van der Waals surface area (Å²) in [6.45, 7) is 0. The molecule has 0 radical (unpaired) electrons. The Labute approximate surface area is 93.6 Å². The van der Waals surface area contributed by atoms with Gasteiger partial charge >= 0.3 is 16.5 Å². The van der Waals surface area contributed by atoms with Crippen molar-refractivity contribution in [3.63, 3.8) is 0 Å². The van der Waals surface area contributed by atoms with Crippen LogP contribution in [0.1, 0.15) is 5.56 Å². The van der Waals surface area contributed by atoms with Gasteiger partial charge in [0, 0.05) is 15.0 Å². The number of hydrogen-bond acceptors (Lipinski definition) is 3. The summed E-state index contributed by atoms with van der Waals surface area (Å²) in [4.78, 5) is 15.3. The molecule has 1 aromatic rings. The molecule has 82 valence electrons. The Morgan fingerprint density at radius 2 is 1.60 bits per heavy atom. The molecule has 2 N–H and O–H groups in total. The second-order valence-corrected chi connectivity index (χ2v) is 4.05. The van der Waals surface area contributed by atoms with Crippen molar-refractivity contribution in [2.45, 2.75) is 5.88 Å². The molecule has 0 amide bonds. The fourth-order valence-corrected chi connectivity index (χ4v) is 1.28. The van der Waals surface area contributed by atoms with Crippen molar-refractivity contribution in [2.24, 2.45) is 0 Å². The first-order valence-corrected chi connectivity index (χ1v) is 6.46. The molecule has 0 fully saturated rings. The molecule has 0 aliphatic rings. The van der Waals surface area contributed by atoms with Gasteiger partial charge in [-0.05, 0) is 5.56 Å². The van der Waals surface area contributed by atoms with Gasteiger partial charge in [0.15, 0.2) is 4.31 Å². The summed E-state index contributed by atoms with van der Waals surface area (Å²) in [5.74, 6) is 0.612. The van der Waals surface area contributed by atoms with E-state index < -0.39 is 16.5 Å². The summed E-state index contributed by atoms with van der Waals surface area (Å²) in [6, 6.07) is 9.96. The standard InChI is InChI=1S/C7H7Cl.O5P2/c8-6-7-4-2-1-3-5-7;1-6(2)5-7(3)4/h1-5H,6H2;/p+2. The zero-order valence-electron chi connectivity index (χ0n) is 7.49. The van der Waals surface area contributed by atoms with E-state index in [0.29, 0.717) is 5.88 Å². The van der Waals surface area contributed by atoms with Crippen LogP contribution in [0.25, 0.3) is 0 Å². The third-order valence-electron chi connectivity index (χ3n) is 1.14. The highest BCUT2D eigenvalue weighted by Gasteiger charge is 2.31. The lowest BCUT2D eigenvalue weighted by molar-refractivity contribution is 0.371. The minimum absolute atomic E-state index is 0.612. The van der Waals surface area contributed by atoms with E-state index in [4.69, 9.17) is 21.4 Å². The summed E-state index contributed by atoms with van der Waals surface area (Å²) in [5.41, 5.74) is 1.18. The number of rotatable bonds is 3. The fourth-order valence-electron chi connectivity index (χ4n) is 0.627. The Morgan fingerprint density at radius 3 is 1.80 bits per heavy atom. The molecule has 0 heterocycles. The normalized spacial score (nSPS) is 11.1. The summed E-state index contributed by atoms with van der Waals surface area (Å²) in [7, 11) is -5.85. The van der Waals surface area contributed by atoms with E-state index in [9.17, 15) is 9.13 Å². The highest BCUT2D eigenvalue weighted by atomic mass is 35.5. The van der Waals surface area contributed by atoms with Crippen LogP contribution in [0, 0.1) is 0 Å². The van der Waals surface area contributed by atoms with Crippen molar-refractivity contribution in [2.75, 3.05) is 0 Å². The third kappa shape index (κ3) is 9.88. The SMILES string of the molecule is ClCc1ccccc1.O=[P+](O)O[P+](=O)O. The monoisotopic (exact) mass is 270 g/mol. The summed E-state index contributed by atoms with van der Waals surface area (Å²) in [5, 5.41) is 0. The van der Waals surface area contributed by atoms with Crippen molar-refractivity contribution in [3.8, 4) is 0 Å². The van der Waals surface area contributed by atoms with E-state index in [1.807, 2.05) is 30.3 Å². The lowest BCUT2D eigenvalue weighted by Gasteiger charge is -1.88. The van der Waals surface area contributed by atoms with Gasteiger partial charge in [0.2, 0.25) is 0 Å². The van der Waals surface area contributed by atoms with Gasteiger partial charge in [-0.25, -0.2) is 0 Å². The molecule has 5 nitrogen and oxygen atoms in total. The molecule has 0 bridgehead atoms. The molecule has 0 saturated carbocycles. The molecular weight excluding hydrogens is 261 g/mol. The topological polar surface area (TPSA) is 83.8 Å². The molecule has 0 spiro atoms. The maximum Gasteiger partial charge on any atom is 0.745 e. The number of hydrogen-bond donors (Lipinski definition) is 2. The van der Waals surface area contributed by atoms with Crippen molar-refractivity contribution < 1.29 is 23.2 Å². The van der Waals surface area contributed by atoms with Crippen LogP contribution >= 0.6 is 28.1 Å². The van der Waals surface area contributed by atoms with Crippen molar-refractivity contribution in [3.05, 3.63) is 35.9 Å². The van der Waals surface area contributed by atoms with Crippen LogP contribution < -0.4 is 0 Å². The Hall–Kier alpha value is -0.410. The molecule has 0 aliphatic carbocycles. The predicted octanol–water partition coefficient (Wildman–Crippen LogP) is 2.73. The van der Waals surface area contributed by atoms with Crippen LogP contribution in [0.4, 0.5) is 0 Å². The average Bonchev–Trinajstić information content (AvgIpc) is 2.18. The van der Waals surface area contributed by atoms with E-state index in [1.54, 1.807) is 0 Å². The maximum absolute atomic E-state index is 9.39. The van der Waals surface area contributed by atoms with Crippen LogP contribution in [0.2, 0.25) is 0 Å². The third-order valence-corrected chi connectivity index (χ3v) is 2.56. The average molecular weight is 271 g/mol. The van der Waals surface area contributed by atoms with E-state index >= 15 is 0 Å². The Balaban J connectivity index is 0.000000265. The molecule has 1 rings (SSSR count). The molecule has 15 heavy (non-hydrogen) atoms. The quantitative estimate of drug-likeness (QED) is 0.652. The number of halogens is 1. The second-order valence-electron chi connectivity index (χ2n) is 2.18. The van der Waals surface area contributed by atoms with Crippen LogP contribution in [0.15, 0.2) is 30.3 Å². The zero-order valence-corrected chi connectivity index (χ0v) is 10.0. The molecule has 8 heteroatoms. The summed E-state index contributed by atoms with van der Waals surface area (Å²) >= 11 is 5.53. The Kier molecular flexibility index (Phi) is 8.62. The van der Waals surface area contributed by atoms with Gasteiger partial charge in [-0.2, -0.15) is 0 Å². The van der Waals surface area contributed by atoms with Crippen molar-refractivity contribution in [1.82, 2.24) is 0 Å². The fraction of sp³-hybridized carbons (Fsp3) is 0.143. The maximum atomic E-state index is 9.39. The highest BCUT2D eigenvalue weighted by molar-refractivity contribution is 7.46. The molecule has 0 aliphatic heterocycles. The summed E-state index contributed by atoms with van der Waals surface area (Å²) in [6.07, 6.45) is 0. The van der Waals surface area contributed by atoms with Gasteiger partial charge in [-0.1, -0.05) is 30.3 Å². The van der Waals surface area contributed by atoms with E-state index in [0.717, 1.165) is 0 Å². The van der Waals surface area contributed by atoms with Gasteiger partial charge < -0.3 is 0 Å². The van der Waals surface area contributed by atoms with E-state index in [-0.39, 0.29) is 0 Å². The first-order chi connectivity index (χ1) is 7.06. The second kappa shape index (κ2) is 8.86. The molecular formula is C7H9ClO5P2+2. The first kappa shape index (κ1) is 14.6. The zero-order chi connectivity index (χ0) is 11.7. The molecule has 2 unspecified atom stereocenters. The van der Waals surface area contributed by atoms with Crippen molar-refractivity contribution in [1.29, 1.82) is 0 Å². The van der Waals surface area contributed by atoms with Crippen molar-refractivity contribution >= 4 is 28.1 Å². The smallest absolute Gasteiger partial charge is 0.131 e. The van der Waals surface area contributed by atoms with Crippen LogP contribution in [0.5, 0.6) is 0 Å². The number of alkyl halides is 1. The molecule has 0 saturated heterocycles. The summed E-state index contributed by atoms with van der Waals surface area (Å²) < 4.78 is 22.2. The van der Waals surface area contributed by atoms with E-state index in [1.165, 1.54) is 5.56 Å². The molecule has 0 aromatic heterocycles. The lowest BCUT2D eigenvalue weighted by Crippen LogP contribution is -1.71. The van der Waals surface area contributed by atoms with Gasteiger partial charge in [0.05, 0.1) is 0 Å². The highest BCUT2D eigenvalue weighted by Crippen LogP contribution is 2.30. The minimum Gasteiger partial charge on any atom is -0.131 e. The Morgan fingerprint density at radius 1 is 1.13 bits per heavy atom. The number of benzene rings is 1. The van der Waals surface area contributed by atoms with Gasteiger partial charge in [-0.3, -0.25) is 0 Å². The molecule has 1 aromatic carbocycles. The predicted molar refractivity (Wildman–Crippen MR) is 56.7 cm³/mol. The Bertz CT molecular complexity index is 306. The first-order valence-electron chi connectivity index (χ1n) is 3.66.